The molecule has 1 aliphatic heterocycles. The van der Waals surface area contributed by atoms with Crippen LogP contribution in [0.3, 0.4) is 0 Å². The second kappa shape index (κ2) is 16.5. The molecule has 8 aromatic carbocycles. The molecule has 67 heavy (non-hydrogen) atoms. The van der Waals surface area contributed by atoms with Crippen molar-refractivity contribution in [1.82, 2.24) is 5.06 Å². The lowest BCUT2D eigenvalue weighted by molar-refractivity contribution is -0.286. The Balaban J connectivity index is 1.12. The number of benzene rings is 8. The van der Waals surface area contributed by atoms with Crippen LogP contribution in [0.5, 0.6) is 0 Å². The van der Waals surface area contributed by atoms with E-state index in [1.807, 2.05) is 0 Å². The van der Waals surface area contributed by atoms with E-state index in [9.17, 15) is 0 Å². The SMILES string of the molecule is CCCCCCCCON1C(c2cccc3c2Cc2ccccc2-3)(c2cccc3c2Cc2ccccc2-3)CCCC1(c1cccc2c1Cc1ccccc1-2)c1cccc2c1Cc1ccccc1-2. The third-order valence-corrected chi connectivity index (χ3v) is 16.7. The third-order valence-electron chi connectivity index (χ3n) is 16.7. The molecule has 13 rings (SSSR count). The summed E-state index contributed by atoms with van der Waals surface area (Å²) in [5.41, 5.74) is 26.9. The molecule has 2 nitrogen and oxygen atoms in total. The van der Waals surface area contributed by atoms with Crippen LogP contribution in [-0.2, 0) is 41.6 Å². The number of fused-ring (bicyclic) bond motifs is 12. The van der Waals surface area contributed by atoms with E-state index >= 15 is 0 Å². The molecule has 1 fully saturated rings. The molecular formula is C65H59NO. The van der Waals surface area contributed by atoms with Gasteiger partial charge in [0.15, 0.2) is 0 Å². The highest BCUT2D eigenvalue weighted by Gasteiger charge is 2.59. The summed E-state index contributed by atoms with van der Waals surface area (Å²) in [6.45, 7) is 2.98. The van der Waals surface area contributed by atoms with Crippen molar-refractivity contribution in [2.45, 2.75) is 101 Å². The van der Waals surface area contributed by atoms with Crippen LogP contribution in [0, 0.1) is 0 Å². The van der Waals surface area contributed by atoms with E-state index in [0.29, 0.717) is 6.61 Å². The predicted octanol–water partition coefficient (Wildman–Crippen LogP) is 15.9. The summed E-state index contributed by atoms with van der Waals surface area (Å²) in [5, 5.41) is 2.73. The van der Waals surface area contributed by atoms with E-state index in [0.717, 1.165) is 51.4 Å². The molecule has 0 aromatic heterocycles. The molecular weight excluding hydrogens is 811 g/mol. The fourth-order valence-corrected chi connectivity index (χ4v) is 13.8. The lowest BCUT2D eigenvalue weighted by atomic mass is 9.63. The van der Waals surface area contributed by atoms with Gasteiger partial charge in [0.05, 0.1) is 17.7 Å². The maximum atomic E-state index is 8.12. The minimum absolute atomic E-state index is 0.635. The molecule has 4 aliphatic carbocycles. The summed E-state index contributed by atoms with van der Waals surface area (Å²) < 4.78 is 0. The average Bonchev–Trinajstić information content (AvgIpc) is 4.16. The molecule has 0 N–H and O–H groups in total. The van der Waals surface area contributed by atoms with Crippen LogP contribution in [0.1, 0.15) is 131 Å². The average molecular weight is 870 g/mol. The summed E-state index contributed by atoms with van der Waals surface area (Å²) in [7, 11) is 0. The Labute approximate surface area is 397 Å². The fourth-order valence-electron chi connectivity index (χ4n) is 13.8. The Morgan fingerprint density at radius 1 is 0.358 bits per heavy atom. The summed E-state index contributed by atoms with van der Waals surface area (Å²) >= 11 is 0. The highest BCUT2D eigenvalue weighted by Crippen LogP contribution is 2.62. The van der Waals surface area contributed by atoms with Crippen molar-refractivity contribution >= 4 is 0 Å². The number of unbranched alkanes of at least 4 members (excludes halogenated alkanes) is 5. The van der Waals surface area contributed by atoms with Crippen molar-refractivity contribution in [2.24, 2.45) is 0 Å². The predicted molar refractivity (Wildman–Crippen MR) is 275 cm³/mol. The van der Waals surface area contributed by atoms with Gasteiger partial charge in [-0.05, 0) is 163 Å². The zero-order valence-corrected chi connectivity index (χ0v) is 38.9. The maximum Gasteiger partial charge on any atom is 0.0980 e. The summed E-state index contributed by atoms with van der Waals surface area (Å²) in [6.07, 6.45) is 13.9. The van der Waals surface area contributed by atoms with E-state index in [1.165, 1.54) is 143 Å². The number of hydroxylamine groups is 2. The normalized spacial score (nSPS) is 16.4. The molecule has 0 atom stereocenters. The fraction of sp³-hybridized carbons (Fsp3) is 0.262. The first kappa shape index (κ1) is 40.9. The van der Waals surface area contributed by atoms with E-state index in [2.05, 4.69) is 182 Å². The lowest BCUT2D eigenvalue weighted by Crippen LogP contribution is -2.62. The number of hydrogen-bond acceptors (Lipinski definition) is 2. The van der Waals surface area contributed by atoms with E-state index in [4.69, 9.17) is 4.84 Å². The maximum absolute atomic E-state index is 8.12. The van der Waals surface area contributed by atoms with Gasteiger partial charge in [0.2, 0.25) is 0 Å². The van der Waals surface area contributed by atoms with Crippen LogP contribution in [0.25, 0.3) is 44.5 Å². The van der Waals surface area contributed by atoms with Gasteiger partial charge in [0.1, 0.15) is 0 Å². The van der Waals surface area contributed by atoms with Crippen molar-refractivity contribution < 1.29 is 4.84 Å². The molecule has 0 spiro atoms. The van der Waals surface area contributed by atoms with E-state index in [-0.39, 0.29) is 0 Å². The Bertz CT molecular complexity index is 2830. The van der Waals surface area contributed by atoms with Gasteiger partial charge in [-0.3, -0.25) is 4.84 Å². The number of hydrogen-bond donors (Lipinski definition) is 0. The summed E-state index contributed by atoms with van der Waals surface area (Å²) in [6, 6.07) is 65.7. The van der Waals surface area contributed by atoms with Crippen molar-refractivity contribution in [3.05, 3.63) is 237 Å². The van der Waals surface area contributed by atoms with Crippen LogP contribution in [0.4, 0.5) is 0 Å². The molecule has 5 aliphatic rings. The molecule has 330 valence electrons. The van der Waals surface area contributed by atoms with Crippen molar-refractivity contribution in [1.29, 1.82) is 0 Å². The van der Waals surface area contributed by atoms with Gasteiger partial charge in [-0.25, -0.2) is 0 Å². The third kappa shape index (κ3) is 6.22. The van der Waals surface area contributed by atoms with E-state index < -0.39 is 11.1 Å². The summed E-state index contributed by atoms with van der Waals surface area (Å²) in [5.74, 6) is 0. The minimum Gasteiger partial charge on any atom is -0.297 e. The monoisotopic (exact) mass is 869 g/mol. The lowest BCUT2D eigenvalue weighted by Gasteiger charge is -2.59. The molecule has 0 amide bonds. The van der Waals surface area contributed by atoms with Gasteiger partial charge in [-0.1, -0.05) is 209 Å². The van der Waals surface area contributed by atoms with Gasteiger partial charge >= 0.3 is 0 Å². The van der Waals surface area contributed by atoms with Crippen LogP contribution in [-0.4, -0.2) is 11.7 Å². The highest BCUT2D eigenvalue weighted by atomic mass is 16.7. The Morgan fingerprint density at radius 3 is 1.03 bits per heavy atom. The summed E-state index contributed by atoms with van der Waals surface area (Å²) in [4.78, 5) is 8.12. The van der Waals surface area contributed by atoms with Crippen LogP contribution in [0.15, 0.2) is 170 Å². The van der Waals surface area contributed by atoms with Crippen LogP contribution < -0.4 is 0 Å². The molecule has 2 heteroatoms. The van der Waals surface area contributed by atoms with E-state index in [1.54, 1.807) is 0 Å². The second-order valence-electron chi connectivity index (χ2n) is 20.1. The van der Waals surface area contributed by atoms with Gasteiger partial charge in [0.25, 0.3) is 0 Å². The molecule has 1 saturated heterocycles. The van der Waals surface area contributed by atoms with Gasteiger partial charge < -0.3 is 0 Å². The minimum atomic E-state index is -0.635. The first-order valence-electron chi connectivity index (χ1n) is 25.4. The van der Waals surface area contributed by atoms with Crippen molar-refractivity contribution in [2.75, 3.05) is 6.61 Å². The smallest absolute Gasteiger partial charge is 0.0980 e. The highest BCUT2D eigenvalue weighted by molar-refractivity contribution is 5.84. The first-order valence-corrected chi connectivity index (χ1v) is 25.4. The molecule has 1 heterocycles. The van der Waals surface area contributed by atoms with Gasteiger partial charge in [0, 0.05) is 0 Å². The van der Waals surface area contributed by atoms with Crippen molar-refractivity contribution in [3.8, 4) is 44.5 Å². The van der Waals surface area contributed by atoms with Gasteiger partial charge in [-0.15, -0.1) is 0 Å². The molecule has 0 radical (unpaired) electrons. The zero-order chi connectivity index (χ0) is 44.5. The van der Waals surface area contributed by atoms with Crippen LogP contribution in [0.2, 0.25) is 0 Å². The molecule has 0 saturated carbocycles. The largest absolute Gasteiger partial charge is 0.297 e. The molecule has 0 unspecified atom stereocenters. The Morgan fingerprint density at radius 2 is 0.672 bits per heavy atom. The van der Waals surface area contributed by atoms with Crippen LogP contribution >= 0.6 is 0 Å². The first-order chi connectivity index (χ1) is 33.2. The molecule has 0 bridgehead atoms. The quantitative estimate of drug-likeness (QED) is 0.113. The standard InChI is InChI=1S/C65H59NO/c1-2-3-4-5-6-15-39-67-66-64(60-33-16-29-52-48-25-11-7-21-44(48)40-56(52)60,61-34-17-30-53-49-26-12-8-22-45(49)41-57(53)61)37-20-38-65(66,62-35-18-31-54-50-27-13-9-23-46(50)42-58(54)62)63-36-19-32-55-51-28-14-10-24-47(51)43-59(55)63/h7-14,16-19,21-36H,2-6,15,20,37-43H2,1H3. The number of rotatable bonds is 12. The number of nitrogens with zero attached hydrogens (tertiary/aromatic N) is 1. The number of piperidine rings is 1. The Hall–Kier alpha value is -6.32. The zero-order valence-electron chi connectivity index (χ0n) is 38.9. The van der Waals surface area contributed by atoms with Crippen molar-refractivity contribution in [3.63, 3.8) is 0 Å². The Kier molecular flexibility index (Phi) is 10.1. The second-order valence-corrected chi connectivity index (χ2v) is 20.1. The van der Waals surface area contributed by atoms with Gasteiger partial charge in [-0.2, -0.15) is 5.06 Å². The topological polar surface area (TPSA) is 12.5 Å². The molecule has 8 aromatic rings.